The lowest BCUT2D eigenvalue weighted by molar-refractivity contribution is -0.122. The SMILES string of the molecule is O=C(CN1CCC(c2ccccc2)CC1)NCc1n[nH]c2c1CCCCC2. The molecule has 0 bridgehead atoms. The molecule has 27 heavy (non-hydrogen) atoms. The molecule has 4 rings (SSSR count). The molecule has 0 radical (unpaired) electrons. The molecular weight excluding hydrogens is 336 g/mol. The fraction of sp³-hybridized carbons (Fsp3) is 0.545. The van der Waals surface area contributed by atoms with Crippen molar-refractivity contribution in [2.45, 2.75) is 57.4 Å². The first-order valence-corrected chi connectivity index (χ1v) is 10.4. The van der Waals surface area contributed by atoms with Gasteiger partial charge in [0.2, 0.25) is 5.91 Å². The van der Waals surface area contributed by atoms with E-state index in [2.05, 4.69) is 50.7 Å². The number of amides is 1. The van der Waals surface area contributed by atoms with Crippen molar-refractivity contribution in [3.05, 3.63) is 52.8 Å². The van der Waals surface area contributed by atoms with Crippen LogP contribution in [0.3, 0.4) is 0 Å². The third-order valence-corrected chi connectivity index (χ3v) is 6.07. The summed E-state index contributed by atoms with van der Waals surface area (Å²) in [6, 6.07) is 10.7. The molecule has 1 aliphatic heterocycles. The van der Waals surface area contributed by atoms with Gasteiger partial charge >= 0.3 is 0 Å². The maximum Gasteiger partial charge on any atom is 0.234 e. The Labute approximate surface area is 161 Å². The number of carbonyl (C=O) groups is 1. The molecule has 2 aliphatic rings. The molecule has 5 heteroatoms. The summed E-state index contributed by atoms with van der Waals surface area (Å²) in [7, 11) is 0. The summed E-state index contributed by atoms with van der Waals surface area (Å²) in [5.41, 5.74) is 5.08. The number of carbonyl (C=O) groups excluding carboxylic acids is 1. The molecule has 1 aliphatic carbocycles. The number of aromatic amines is 1. The number of piperidine rings is 1. The van der Waals surface area contributed by atoms with E-state index in [9.17, 15) is 4.79 Å². The van der Waals surface area contributed by atoms with Crippen LogP contribution in [0.4, 0.5) is 0 Å². The Kier molecular flexibility index (Phi) is 5.87. The fourth-order valence-electron chi connectivity index (χ4n) is 4.46. The zero-order valence-corrected chi connectivity index (χ0v) is 16.0. The highest BCUT2D eigenvalue weighted by molar-refractivity contribution is 5.78. The Balaban J connectivity index is 1.23. The number of likely N-dealkylation sites (tertiary alicyclic amines) is 1. The molecule has 0 atom stereocenters. The van der Waals surface area contributed by atoms with Crippen LogP contribution in [0.2, 0.25) is 0 Å². The van der Waals surface area contributed by atoms with E-state index >= 15 is 0 Å². The van der Waals surface area contributed by atoms with Gasteiger partial charge in [-0.05, 0) is 68.7 Å². The first-order valence-electron chi connectivity index (χ1n) is 10.4. The van der Waals surface area contributed by atoms with E-state index in [0.29, 0.717) is 19.0 Å². The van der Waals surface area contributed by atoms with Crippen LogP contribution in [-0.4, -0.2) is 40.6 Å². The number of H-pyrrole nitrogens is 1. The molecule has 2 aromatic rings. The van der Waals surface area contributed by atoms with Gasteiger partial charge in [0.15, 0.2) is 0 Å². The summed E-state index contributed by atoms with van der Waals surface area (Å²) in [5.74, 6) is 0.739. The quantitative estimate of drug-likeness (QED) is 0.799. The molecule has 0 spiro atoms. The molecule has 0 saturated carbocycles. The van der Waals surface area contributed by atoms with Gasteiger partial charge < -0.3 is 5.32 Å². The number of hydrogen-bond donors (Lipinski definition) is 2. The molecular formula is C22H30N4O. The van der Waals surface area contributed by atoms with Gasteiger partial charge in [-0.1, -0.05) is 36.8 Å². The highest BCUT2D eigenvalue weighted by atomic mass is 16.2. The summed E-state index contributed by atoms with van der Waals surface area (Å²) in [4.78, 5) is 14.7. The molecule has 144 valence electrons. The van der Waals surface area contributed by atoms with Crippen LogP contribution in [0.1, 0.15) is 60.5 Å². The Bertz CT molecular complexity index is 747. The van der Waals surface area contributed by atoms with Gasteiger partial charge in [-0.2, -0.15) is 5.10 Å². The van der Waals surface area contributed by atoms with Gasteiger partial charge in [-0.15, -0.1) is 0 Å². The van der Waals surface area contributed by atoms with Crippen molar-refractivity contribution in [3.63, 3.8) is 0 Å². The lowest BCUT2D eigenvalue weighted by atomic mass is 9.89. The molecule has 2 heterocycles. The largest absolute Gasteiger partial charge is 0.349 e. The monoisotopic (exact) mass is 366 g/mol. The maximum absolute atomic E-state index is 12.4. The smallest absolute Gasteiger partial charge is 0.234 e. The van der Waals surface area contributed by atoms with Crippen LogP contribution in [0.25, 0.3) is 0 Å². The van der Waals surface area contributed by atoms with Crippen molar-refractivity contribution in [2.75, 3.05) is 19.6 Å². The predicted octanol–water partition coefficient (Wildman–Crippen LogP) is 3.17. The van der Waals surface area contributed by atoms with Crippen molar-refractivity contribution in [3.8, 4) is 0 Å². The van der Waals surface area contributed by atoms with Crippen LogP contribution in [0.5, 0.6) is 0 Å². The highest BCUT2D eigenvalue weighted by Crippen LogP contribution is 2.27. The zero-order chi connectivity index (χ0) is 18.5. The fourth-order valence-corrected chi connectivity index (χ4v) is 4.46. The van der Waals surface area contributed by atoms with Crippen molar-refractivity contribution >= 4 is 5.91 Å². The van der Waals surface area contributed by atoms with Crippen LogP contribution in [-0.2, 0) is 24.2 Å². The lowest BCUT2D eigenvalue weighted by Gasteiger charge is -2.31. The number of fused-ring (bicyclic) bond motifs is 1. The minimum atomic E-state index is 0.110. The van der Waals surface area contributed by atoms with Gasteiger partial charge in [0.05, 0.1) is 18.8 Å². The van der Waals surface area contributed by atoms with Gasteiger partial charge in [-0.25, -0.2) is 0 Å². The molecule has 1 aromatic heterocycles. The van der Waals surface area contributed by atoms with Crippen LogP contribution in [0, 0.1) is 0 Å². The van der Waals surface area contributed by atoms with Crippen molar-refractivity contribution < 1.29 is 4.79 Å². The van der Waals surface area contributed by atoms with Crippen molar-refractivity contribution in [2.24, 2.45) is 0 Å². The highest BCUT2D eigenvalue weighted by Gasteiger charge is 2.22. The minimum absolute atomic E-state index is 0.110. The second-order valence-electron chi connectivity index (χ2n) is 7.93. The van der Waals surface area contributed by atoms with E-state index in [1.165, 1.54) is 36.1 Å². The predicted molar refractivity (Wildman–Crippen MR) is 107 cm³/mol. The molecule has 5 nitrogen and oxygen atoms in total. The van der Waals surface area contributed by atoms with Gasteiger partial charge in [0, 0.05) is 5.69 Å². The Morgan fingerprint density at radius 3 is 2.70 bits per heavy atom. The van der Waals surface area contributed by atoms with Crippen LogP contribution in [0.15, 0.2) is 30.3 Å². The van der Waals surface area contributed by atoms with E-state index < -0.39 is 0 Å². The number of nitrogens with one attached hydrogen (secondary N) is 2. The molecule has 1 amide bonds. The molecule has 2 N–H and O–H groups in total. The van der Waals surface area contributed by atoms with Gasteiger partial charge in [-0.3, -0.25) is 14.8 Å². The van der Waals surface area contributed by atoms with Crippen LogP contribution >= 0.6 is 0 Å². The Morgan fingerprint density at radius 2 is 1.89 bits per heavy atom. The van der Waals surface area contributed by atoms with Crippen molar-refractivity contribution in [1.29, 1.82) is 0 Å². The summed E-state index contributed by atoms with van der Waals surface area (Å²) < 4.78 is 0. The lowest BCUT2D eigenvalue weighted by Crippen LogP contribution is -2.41. The standard InChI is InChI=1S/C22H30N4O/c27-22(23-15-21-19-9-5-2-6-10-20(19)24-25-21)16-26-13-11-18(12-14-26)17-7-3-1-4-8-17/h1,3-4,7-8,18H,2,5-6,9-16H2,(H,23,27)(H,24,25). The summed E-state index contributed by atoms with van der Waals surface area (Å²) in [6.45, 7) is 3.02. The molecule has 1 saturated heterocycles. The Morgan fingerprint density at radius 1 is 1.11 bits per heavy atom. The summed E-state index contributed by atoms with van der Waals surface area (Å²) in [5, 5.41) is 10.7. The second-order valence-corrected chi connectivity index (χ2v) is 7.93. The molecule has 0 unspecified atom stereocenters. The number of aryl methyl sites for hydroxylation is 1. The average molecular weight is 367 g/mol. The number of aromatic nitrogens is 2. The minimum Gasteiger partial charge on any atom is -0.349 e. The van der Waals surface area contributed by atoms with Gasteiger partial charge in [0.25, 0.3) is 0 Å². The Hall–Kier alpha value is -2.14. The van der Waals surface area contributed by atoms with Gasteiger partial charge in [0.1, 0.15) is 0 Å². The zero-order valence-electron chi connectivity index (χ0n) is 16.0. The first-order chi connectivity index (χ1) is 13.3. The number of rotatable bonds is 5. The topological polar surface area (TPSA) is 61.0 Å². The third-order valence-electron chi connectivity index (χ3n) is 6.07. The maximum atomic E-state index is 12.4. The van der Waals surface area contributed by atoms with E-state index in [0.717, 1.165) is 44.5 Å². The van der Waals surface area contributed by atoms with E-state index in [1.807, 2.05) is 0 Å². The van der Waals surface area contributed by atoms with E-state index in [4.69, 9.17) is 0 Å². The summed E-state index contributed by atoms with van der Waals surface area (Å²) in [6.07, 6.45) is 8.18. The molecule has 1 aromatic carbocycles. The normalized spacial score (nSPS) is 18.7. The molecule has 1 fully saturated rings. The second kappa shape index (κ2) is 8.70. The third kappa shape index (κ3) is 4.59. The number of benzene rings is 1. The van der Waals surface area contributed by atoms with Crippen LogP contribution < -0.4 is 5.32 Å². The van der Waals surface area contributed by atoms with Crippen molar-refractivity contribution in [1.82, 2.24) is 20.4 Å². The van der Waals surface area contributed by atoms with E-state index in [1.54, 1.807) is 0 Å². The average Bonchev–Trinajstić information content (AvgIpc) is 2.93. The number of hydrogen-bond acceptors (Lipinski definition) is 3. The summed E-state index contributed by atoms with van der Waals surface area (Å²) >= 11 is 0. The first kappa shape index (κ1) is 18.2. The van der Waals surface area contributed by atoms with E-state index in [-0.39, 0.29) is 5.91 Å². The number of nitrogens with zero attached hydrogens (tertiary/aromatic N) is 2.